The van der Waals surface area contributed by atoms with Gasteiger partial charge in [0.2, 0.25) is 5.89 Å². The van der Waals surface area contributed by atoms with Crippen LogP contribution in [0.5, 0.6) is 5.75 Å². The van der Waals surface area contributed by atoms with Crippen LogP contribution in [0.4, 0.5) is 0 Å². The first-order valence-electron chi connectivity index (χ1n) is 7.97. The Morgan fingerprint density at radius 3 is 2.52 bits per heavy atom. The number of carbonyl (C=O) groups is 1. The molecule has 0 fully saturated rings. The average Bonchev–Trinajstić information content (AvgIpc) is 3.01. The van der Waals surface area contributed by atoms with Gasteiger partial charge in [-0.1, -0.05) is 6.07 Å². The van der Waals surface area contributed by atoms with E-state index in [0.29, 0.717) is 22.8 Å². The molecule has 0 atom stereocenters. The first-order chi connectivity index (χ1) is 12.8. The van der Waals surface area contributed by atoms with E-state index >= 15 is 0 Å². The second kappa shape index (κ2) is 7.24. The summed E-state index contributed by atoms with van der Waals surface area (Å²) in [6.45, 7) is 1.64. The number of nitrogens with zero attached hydrogens (tertiary/aromatic N) is 1. The highest BCUT2D eigenvalue weighted by Crippen LogP contribution is 2.26. The minimum absolute atomic E-state index is 0.136. The maximum absolute atomic E-state index is 12.7. The molecule has 0 amide bonds. The van der Waals surface area contributed by atoms with Crippen molar-refractivity contribution in [2.24, 2.45) is 0 Å². The van der Waals surface area contributed by atoms with E-state index in [1.54, 1.807) is 31.2 Å². The maximum Gasteiger partial charge on any atom is 0.335 e. The lowest BCUT2D eigenvalue weighted by Crippen LogP contribution is -2.06. The summed E-state index contributed by atoms with van der Waals surface area (Å²) in [4.78, 5) is 15.3. The molecule has 0 bridgehead atoms. The monoisotopic (exact) mass is 387 g/mol. The topological polar surface area (TPSA) is 107 Å². The average molecular weight is 387 g/mol. The fourth-order valence-electron chi connectivity index (χ4n) is 2.50. The number of benzene rings is 2. The quantitative estimate of drug-likeness (QED) is 0.691. The summed E-state index contributed by atoms with van der Waals surface area (Å²) in [5.74, 6) is -0.274. The second-order valence-corrected chi connectivity index (χ2v) is 7.83. The van der Waals surface area contributed by atoms with E-state index < -0.39 is 15.8 Å². The van der Waals surface area contributed by atoms with Gasteiger partial charge in [0.05, 0.1) is 23.3 Å². The number of carboxylic acids is 1. The van der Waals surface area contributed by atoms with Gasteiger partial charge in [-0.05, 0) is 49.4 Å². The van der Waals surface area contributed by atoms with Crippen LogP contribution in [0, 0.1) is 6.92 Å². The van der Waals surface area contributed by atoms with Gasteiger partial charge in [-0.15, -0.1) is 0 Å². The van der Waals surface area contributed by atoms with E-state index in [2.05, 4.69) is 4.98 Å². The summed E-state index contributed by atoms with van der Waals surface area (Å²) in [5, 5.41) is 8.95. The predicted molar refractivity (Wildman–Crippen MR) is 97.5 cm³/mol. The van der Waals surface area contributed by atoms with Crippen molar-refractivity contribution in [2.75, 3.05) is 7.11 Å². The number of ether oxygens (including phenoxy) is 1. The molecular formula is C19H17NO6S. The summed E-state index contributed by atoms with van der Waals surface area (Å²) in [5.41, 5.74) is 1.01. The molecule has 0 spiro atoms. The van der Waals surface area contributed by atoms with Crippen LogP contribution >= 0.6 is 0 Å². The Balaban J connectivity index is 1.89. The summed E-state index contributed by atoms with van der Waals surface area (Å²) < 4.78 is 36.0. The van der Waals surface area contributed by atoms with Crippen LogP contribution in [0.25, 0.3) is 11.5 Å². The normalized spacial score (nSPS) is 11.3. The summed E-state index contributed by atoms with van der Waals surface area (Å²) in [6, 6.07) is 12.2. The molecule has 1 N–H and O–H groups in total. The largest absolute Gasteiger partial charge is 0.497 e. The fourth-order valence-corrected chi connectivity index (χ4v) is 3.87. The summed E-state index contributed by atoms with van der Waals surface area (Å²) >= 11 is 0. The molecule has 1 heterocycles. The molecule has 1 aromatic heterocycles. The van der Waals surface area contributed by atoms with E-state index in [1.807, 2.05) is 0 Å². The number of methoxy groups -OCH3 is 1. The van der Waals surface area contributed by atoms with Crippen molar-refractivity contribution in [2.45, 2.75) is 17.6 Å². The molecule has 0 saturated heterocycles. The SMILES string of the molecule is COc1cccc(S(=O)(=O)Cc2nc(-c3ccc(C(=O)O)cc3)oc2C)c1. The van der Waals surface area contributed by atoms with E-state index in [-0.39, 0.29) is 22.1 Å². The van der Waals surface area contributed by atoms with Crippen molar-refractivity contribution >= 4 is 15.8 Å². The first kappa shape index (κ1) is 18.7. The Morgan fingerprint density at radius 2 is 1.89 bits per heavy atom. The molecule has 7 nitrogen and oxygen atoms in total. The van der Waals surface area contributed by atoms with E-state index in [4.69, 9.17) is 14.3 Å². The fraction of sp³-hybridized carbons (Fsp3) is 0.158. The van der Waals surface area contributed by atoms with Gasteiger partial charge in [0, 0.05) is 5.56 Å². The first-order valence-corrected chi connectivity index (χ1v) is 9.62. The Labute approximate surface area is 156 Å². The zero-order valence-corrected chi connectivity index (χ0v) is 15.5. The molecule has 27 heavy (non-hydrogen) atoms. The van der Waals surface area contributed by atoms with Crippen LogP contribution in [0.1, 0.15) is 21.8 Å². The van der Waals surface area contributed by atoms with Crippen molar-refractivity contribution in [3.8, 4) is 17.2 Å². The molecule has 2 aromatic carbocycles. The third kappa shape index (κ3) is 4.01. The molecule has 3 aromatic rings. The van der Waals surface area contributed by atoms with Crippen LogP contribution in [-0.4, -0.2) is 31.6 Å². The number of oxazole rings is 1. The molecule has 0 unspecified atom stereocenters. The molecule has 0 radical (unpaired) electrons. The lowest BCUT2D eigenvalue weighted by Gasteiger charge is -2.05. The van der Waals surface area contributed by atoms with Crippen LogP contribution in [0.15, 0.2) is 57.8 Å². The number of aryl methyl sites for hydroxylation is 1. The van der Waals surface area contributed by atoms with E-state index in [9.17, 15) is 13.2 Å². The lowest BCUT2D eigenvalue weighted by molar-refractivity contribution is 0.0697. The number of hydrogen-bond donors (Lipinski definition) is 1. The molecule has 140 valence electrons. The maximum atomic E-state index is 12.7. The van der Waals surface area contributed by atoms with E-state index in [1.165, 1.54) is 31.4 Å². The smallest absolute Gasteiger partial charge is 0.335 e. The summed E-state index contributed by atoms with van der Waals surface area (Å²) in [6.07, 6.45) is 0. The standard InChI is InChI=1S/C19H17NO6S/c1-12-17(11-27(23,24)16-5-3-4-15(10-16)25-2)20-18(26-12)13-6-8-14(9-7-13)19(21)22/h3-10H,11H2,1-2H3,(H,21,22). The van der Waals surface area contributed by atoms with Gasteiger partial charge in [0.25, 0.3) is 0 Å². The number of hydrogen-bond acceptors (Lipinski definition) is 6. The number of sulfone groups is 1. The van der Waals surface area contributed by atoms with Crippen molar-refractivity contribution in [1.82, 2.24) is 4.98 Å². The van der Waals surface area contributed by atoms with Crippen LogP contribution in [0.3, 0.4) is 0 Å². The van der Waals surface area contributed by atoms with Gasteiger partial charge in [-0.25, -0.2) is 18.2 Å². The number of rotatable bonds is 6. The van der Waals surface area contributed by atoms with Gasteiger partial charge in [-0.3, -0.25) is 0 Å². The molecule has 8 heteroatoms. The Morgan fingerprint density at radius 1 is 1.19 bits per heavy atom. The van der Waals surface area contributed by atoms with Crippen LogP contribution < -0.4 is 4.74 Å². The molecular weight excluding hydrogens is 370 g/mol. The van der Waals surface area contributed by atoms with Crippen LogP contribution in [-0.2, 0) is 15.6 Å². The van der Waals surface area contributed by atoms with Gasteiger partial charge in [0.1, 0.15) is 17.3 Å². The molecule has 0 aliphatic rings. The minimum atomic E-state index is -3.64. The highest BCUT2D eigenvalue weighted by atomic mass is 32.2. The highest BCUT2D eigenvalue weighted by molar-refractivity contribution is 7.90. The molecule has 0 saturated carbocycles. The number of carboxylic acid groups (broad SMARTS) is 1. The Kier molecular flexibility index (Phi) is 5.00. The third-order valence-corrected chi connectivity index (χ3v) is 5.62. The van der Waals surface area contributed by atoms with Crippen molar-refractivity contribution in [3.63, 3.8) is 0 Å². The zero-order valence-electron chi connectivity index (χ0n) is 14.7. The van der Waals surface area contributed by atoms with Crippen molar-refractivity contribution < 1.29 is 27.5 Å². The zero-order chi connectivity index (χ0) is 19.6. The Hall–Kier alpha value is -3.13. The van der Waals surface area contributed by atoms with Gasteiger partial charge < -0.3 is 14.3 Å². The second-order valence-electron chi connectivity index (χ2n) is 5.84. The molecule has 0 aliphatic heterocycles. The molecule has 3 rings (SSSR count). The number of aromatic carboxylic acids is 1. The van der Waals surface area contributed by atoms with Crippen molar-refractivity contribution in [3.05, 3.63) is 65.5 Å². The highest BCUT2D eigenvalue weighted by Gasteiger charge is 2.21. The van der Waals surface area contributed by atoms with Crippen molar-refractivity contribution in [1.29, 1.82) is 0 Å². The Bertz CT molecular complexity index is 1080. The summed E-state index contributed by atoms with van der Waals surface area (Å²) in [7, 11) is -2.17. The predicted octanol–water partition coefficient (Wildman–Crippen LogP) is 3.33. The number of aromatic nitrogens is 1. The van der Waals surface area contributed by atoms with Crippen LogP contribution in [0.2, 0.25) is 0 Å². The lowest BCUT2D eigenvalue weighted by atomic mass is 10.1. The van der Waals surface area contributed by atoms with Gasteiger partial charge >= 0.3 is 5.97 Å². The third-order valence-electron chi connectivity index (χ3n) is 4.00. The van der Waals surface area contributed by atoms with E-state index in [0.717, 1.165) is 0 Å². The molecule has 0 aliphatic carbocycles. The van der Waals surface area contributed by atoms with Gasteiger partial charge in [-0.2, -0.15) is 0 Å². The minimum Gasteiger partial charge on any atom is -0.497 e. The van der Waals surface area contributed by atoms with Gasteiger partial charge in [0.15, 0.2) is 9.84 Å².